The molecule has 22 heavy (non-hydrogen) atoms. The van der Waals surface area contributed by atoms with E-state index in [1.807, 2.05) is 24.3 Å². The highest BCUT2D eigenvalue weighted by Crippen LogP contribution is 2.34. The second-order valence-electron chi connectivity index (χ2n) is 4.98. The Morgan fingerprint density at radius 3 is 2.41 bits per heavy atom. The van der Waals surface area contributed by atoms with Crippen LogP contribution in [0.25, 0.3) is 22.4 Å². The molecule has 3 aromatic rings. The summed E-state index contributed by atoms with van der Waals surface area (Å²) in [5.74, 6) is -0.241. The van der Waals surface area contributed by atoms with Gasteiger partial charge in [0.1, 0.15) is 5.82 Å². The number of nitrogens with zero attached hydrogens (tertiary/aromatic N) is 1. The van der Waals surface area contributed by atoms with Gasteiger partial charge in [0.2, 0.25) is 0 Å². The first-order valence-corrected chi connectivity index (χ1v) is 7.34. The van der Waals surface area contributed by atoms with Gasteiger partial charge >= 0.3 is 0 Å². The predicted octanol–water partition coefficient (Wildman–Crippen LogP) is 4.99. The van der Waals surface area contributed by atoms with Gasteiger partial charge < -0.3 is 5.32 Å². The van der Waals surface area contributed by atoms with Crippen molar-refractivity contribution in [2.45, 2.75) is 6.92 Å². The van der Waals surface area contributed by atoms with Crippen molar-refractivity contribution in [3.63, 3.8) is 0 Å². The monoisotopic (exact) mass is 292 g/mol. The molecule has 0 radical (unpaired) electrons. The summed E-state index contributed by atoms with van der Waals surface area (Å²) in [5, 5.41) is 3.37. The molecular weight excluding hydrogens is 275 g/mol. The molecule has 1 N–H and O–H groups in total. The largest absolute Gasteiger partial charge is 0.385 e. The number of anilines is 1. The molecule has 0 saturated heterocycles. The number of benzene rings is 2. The van der Waals surface area contributed by atoms with Crippen molar-refractivity contribution < 1.29 is 4.39 Å². The van der Waals surface area contributed by atoms with Crippen LogP contribution >= 0.6 is 0 Å². The highest BCUT2D eigenvalue weighted by atomic mass is 19.1. The molecule has 3 heteroatoms. The molecule has 0 amide bonds. The van der Waals surface area contributed by atoms with E-state index in [0.29, 0.717) is 0 Å². The third-order valence-corrected chi connectivity index (χ3v) is 3.51. The lowest BCUT2D eigenvalue weighted by atomic mass is 9.98. The van der Waals surface area contributed by atoms with Gasteiger partial charge in [-0.05, 0) is 43.3 Å². The van der Waals surface area contributed by atoms with E-state index in [-0.39, 0.29) is 5.82 Å². The molecule has 0 saturated carbocycles. The number of hydrogen-bond acceptors (Lipinski definition) is 2. The number of halogens is 1. The maximum absolute atomic E-state index is 13.2. The first-order chi connectivity index (χ1) is 10.8. The Bertz CT molecular complexity index is 766. The number of hydrogen-bond donors (Lipinski definition) is 1. The molecule has 0 spiro atoms. The number of aromatic nitrogens is 1. The summed E-state index contributed by atoms with van der Waals surface area (Å²) < 4.78 is 13.2. The molecule has 1 aromatic heterocycles. The third kappa shape index (κ3) is 2.84. The Morgan fingerprint density at radius 2 is 1.64 bits per heavy atom. The number of nitrogens with one attached hydrogen (secondary N) is 1. The van der Waals surface area contributed by atoms with E-state index in [9.17, 15) is 4.39 Å². The quantitative estimate of drug-likeness (QED) is 0.733. The summed E-state index contributed by atoms with van der Waals surface area (Å²) in [4.78, 5) is 4.51. The Balaban J connectivity index is 2.15. The average Bonchev–Trinajstić information content (AvgIpc) is 2.57. The zero-order chi connectivity index (χ0) is 15.4. The van der Waals surface area contributed by atoms with Crippen molar-refractivity contribution in [3.8, 4) is 22.4 Å². The summed E-state index contributed by atoms with van der Waals surface area (Å²) >= 11 is 0. The van der Waals surface area contributed by atoms with E-state index in [1.54, 1.807) is 18.3 Å². The number of para-hydroxylation sites is 1. The zero-order valence-electron chi connectivity index (χ0n) is 12.4. The van der Waals surface area contributed by atoms with Crippen molar-refractivity contribution in [2.75, 3.05) is 11.9 Å². The van der Waals surface area contributed by atoms with Crippen LogP contribution in [0.5, 0.6) is 0 Å². The van der Waals surface area contributed by atoms with E-state index in [1.165, 1.54) is 12.1 Å². The SMILES string of the molecule is CCNc1ccccc1-c1cccnc1-c1ccc(F)cc1. The van der Waals surface area contributed by atoms with E-state index in [0.717, 1.165) is 34.6 Å². The summed E-state index contributed by atoms with van der Waals surface area (Å²) in [5.41, 5.74) is 4.96. The van der Waals surface area contributed by atoms with Crippen molar-refractivity contribution in [1.29, 1.82) is 0 Å². The third-order valence-electron chi connectivity index (χ3n) is 3.51. The van der Waals surface area contributed by atoms with Crippen molar-refractivity contribution in [3.05, 3.63) is 72.7 Å². The minimum absolute atomic E-state index is 0.241. The first-order valence-electron chi connectivity index (χ1n) is 7.34. The molecule has 0 fully saturated rings. The molecule has 0 aliphatic carbocycles. The van der Waals surface area contributed by atoms with Crippen LogP contribution in [-0.2, 0) is 0 Å². The predicted molar refractivity (Wildman–Crippen MR) is 89.2 cm³/mol. The van der Waals surface area contributed by atoms with E-state index in [2.05, 4.69) is 29.4 Å². The maximum atomic E-state index is 13.2. The Hall–Kier alpha value is -2.68. The van der Waals surface area contributed by atoms with Crippen LogP contribution < -0.4 is 5.32 Å². The molecule has 1 heterocycles. The fourth-order valence-electron chi connectivity index (χ4n) is 2.52. The Morgan fingerprint density at radius 1 is 0.909 bits per heavy atom. The van der Waals surface area contributed by atoms with Gasteiger partial charge in [-0.2, -0.15) is 0 Å². The van der Waals surface area contributed by atoms with E-state index < -0.39 is 0 Å². The zero-order valence-corrected chi connectivity index (χ0v) is 12.4. The van der Waals surface area contributed by atoms with Crippen LogP contribution in [0.15, 0.2) is 66.9 Å². The lowest BCUT2D eigenvalue weighted by molar-refractivity contribution is 0.628. The van der Waals surface area contributed by atoms with Gasteiger partial charge in [0.25, 0.3) is 0 Å². The minimum Gasteiger partial charge on any atom is -0.385 e. The fourth-order valence-corrected chi connectivity index (χ4v) is 2.52. The van der Waals surface area contributed by atoms with Crippen molar-refractivity contribution in [2.24, 2.45) is 0 Å². The van der Waals surface area contributed by atoms with Gasteiger partial charge in [-0.3, -0.25) is 4.98 Å². The maximum Gasteiger partial charge on any atom is 0.123 e. The molecule has 2 aromatic carbocycles. The van der Waals surface area contributed by atoms with Crippen molar-refractivity contribution in [1.82, 2.24) is 4.98 Å². The molecule has 0 bridgehead atoms. The van der Waals surface area contributed by atoms with E-state index in [4.69, 9.17) is 0 Å². The second-order valence-corrected chi connectivity index (χ2v) is 4.98. The van der Waals surface area contributed by atoms with Crippen LogP contribution in [-0.4, -0.2) is 11.5 Å². The Kier molecular flexibility index (Phi) is 4.15. The van der Waals surface area contributed by atoms with Gasteiger partial charge in [-0.15, -0.1) is 0 Å². The Labute approximate surface area is 129 Å². The van der Waals surface area contributed by atoms with Gasteiger partial charge in [0, 0.05) is 35.1 Å². The molecule has 0 aliphatic heterocycles. The lowest BCUT2D eigenvalue weighted by Crippen LogP contribution is -1.99. The molecule has 0 atom stereocenters. The molecule has 3 rings (SSSR count). The fraction of sp³-hybridized carbons (Fsp3) is 0.105. The molecule has 110 valence electrons. The summed E-state index contributed by atoms with van der Waals surface area (Å²) in [6.07, 6.45) is 1.76. The van der Waals surface area contributed by atoms with Crippen LogP contribution in [0.4, 0.5) is 10.1 Å². The molecule has 0 unspecified atom stereocenters. The molecule has 0 aliphatic rings. The normalized spacial score (nSPS) is 10.5. The number of rotatable bonds is 4. The van der Waals surface area contributed by atoms with Crippen LogP contribution in [0.2, 0.25) is 0 Å². The standard InChI is InChI=1S/C19H17FN2/c1-2-21-18-8-4-3-6-16(18)17-7-5-13-22-19(17)14-9-11-15(20)12-10-14/h3-13,21H,2H2,1H3. The van der Waals surface area contributed by atoms with E-state index >= 15 is 0 Å². The first kappa shape index (κ1) is 14.3. The average molecular weight is 292 g/mol. The highest BCUT2D eigenvalue weighted by molar-refractivity contribution is 5.87. The van der Waals surface area contributed by atoms with Gasteiger partial charge in [-0.25, -0.2) is 4.39 Å². The van der Waals surface area contributed by atoms with Crippen LogP contribution in [0, 0.1) is 5.82 Å². The number of pyridine rings is 1. The van der Waals surface area contributed by atoms with Crippen molar-refractivity contribution >= 4 is 5.69 Å². The summed E-state index contributed by atoms with van der Waals surface area (Å²) in [6.45, 7) is 2.92. The smallest absolute Gasteiger partial charge is 0.123 e. The summed E-state index contributed by atoms with van der Waals surface area (Å²) in [7, 11) is 0. The van der Waals surface area contributed by atoms with Gasteiger partial charge in [0.05, 0.1) is 5.69 Å². The van der Waals surface area contributed by atoms with Crippen LogP contribution in [0.3, 0.4) is 0 Å². The topological polar surface area (TPSA) is 24.9 Å². The lowest BCUT2D eigenvalue weighted by Gasteiger charge is -2.14. The van der Waals surface area contributed by atoms with Crippen LogP contribution in [0.1, 0.15) is 6.92 Å². The highest BCUT2D eigenvalue weighted by Gasteiger charge is 2.11. The minimum atomic E-state index is -0.241. The molecular formula is C19H17FN2. The second kappa shape index (κ2) is 6.39. The van der Waals surface area contributed by atoms with Gasteiger partial charge in [0.15, 0.2) is 0 Å². The summed E-state index contributed by atoms with van der Waals surface area (Å²) in [6, 6.07) is 18.6. The molecule has 2 nitrogen and oxygen atoms in total. The van der Waals surface area contributed by atoms with Gasteiger partial charge in [-0.1, -0.05) is 24.3 Å².